The van der Waals surface area contributed by atoms with Crippen molar-refractivity contribution < 1.29 is 14.3 Å². The molecule has 0 unspecified atom stereocenters. The lowest BCUT2D eigenvalue weighted by Gasteiger charge is -2.20. The van der Waals surface area contributed by atoms with Gasteiger partial charge in [0.05, 0.1) is 22.6 Å². The normalized spacial score (nSPS) is 12.7. The molecule has 1 aliphatic rings. The summed E-state index contributed by atoms with van der Waals surface area (Å²) in [4.78, 5) is 30.8. The number of aromatic nitrogens is 2. The van der Waals surface area contributed by atoms with Crippen LogP contribution < -0.4 is 15.8 Å². The monoisotopic (exact) mass is 428 g/mol. The minimum atomic E-state index is -1.12. The van der Waals surface area contributed by atoms with Gasteiger partial charge in [0.1, 0.15) is 17.2 Å². The Labute approximate surface area is 176 Å². The molecule has 0 spiro atoms. The SMILES string of the molecule is Cc1nccc(Nc2cc(-c3cc(Cl)ccc3F)c(=O)n3c2N(C)CC3)c1C(=O)O. The van der Waals surface area contributed by atoms with Gasteiger partial charge in [0.15, 0.2) is 0 Å². The number of carbonyl (C=O) groups is 1. The topological polar surface area (TPSA) is 87.5 Å². The second-order valence-electron chi connectivity index (χ2n) is 7.05. The molecule has 2 aromatic heterocycles. The Morgan fingerprint density at radius 1 is 1.20 bits per heavy atom. The molecular weight excluding hydrogens is 411 g/mol. The van der Waals surface area contributed by atoms with Crippen molar-refractivity contribution in [1.29, 1.82) is 0 Å². The van der Waals surface area contributed by atoms with Crippen LogP contribution in [0.2, 0.25) is 5.02 Å². The molecule has 9 heteroatoms. The van der Waals surface area contributed by atoms with Crippen LogP contribution in [0.15, 0.2) is 41.3 Å². The van der Waals surface area contributed by atoms with E-state index in [-0.39, 0.29) is 22.2 Å². The maximum Gasteiger partial charge on any atom is 0.339 e. The molecule has 1 aromatic carbocycles. The average Bonchev–Trinajstić information content (AvgIpc) is 3.08. The number of pyridine rings is 2. The molecule has 0 aliphatic carbocycles. The van der Waals surface area contributed by atoms with Gasteiger partial charge < -0.3 is 15.3 Å². The summed E-state index contributed by atoms with van der Waals surface area (Å²) in [5.41, 5.74) is 1.08. The summed E-state index contributed by atoms with van der Waals surface area (Å²) < 4.78 is 16.1. The molecule has 0 saturated carbocycles. The van der Waals surface area contributed by atoms with Crippen molar-refractivity contribution in [2.45, 2.75) is 13.5 Å². The van der Waals surface area contributed by atoms with Crippen molar-refractivity contribution in [3.63, 3.8) is 0 Å². The van der Waals surface area contributed by atoms with Gasteiger partial charge in [0, 0.05) is 36.9 Å². The number of aryl methyl sites for hydroxylation is 1. The van der Waals surface area contributed by atoms with E-state index in [1.54, 1.807) is 17.6 Å². The first-order chi connectivity index (χ1) is 14.3. The van der Waals surface area contributed by atoms with Crippen LogP contribution in [0.25, 0.3) is 11.1 Å². The molecule has 30 heavy (non-hydrogen) atoms. The Bertz CT molecular complexity index is 1240. The fourth-order valence-electron chi connectivity index (χ4n) is 3.71. The summed E-state index contributed by atoms with van der Waals surface area (Å²) in [6.45, 7) is 2.62. The van der Waals surface area contributed by atoms with Gasteiger partial charge >= 0.3 is 5.97 Å². The van der Waals surface area contributed by atoms with Crippen LogP contribution in [0.3, 0.4) is 0 Å². The molecule has 3 aromatic rings. The fourth-order valence-corrected chi connectivity index (χ4v) is 3.88. The molecule has 0 bridgehead atoms. The number of carboxylic acid groups (broad SMARTS) is 1. The zero-order valence-corrected chi connectivity index (χ0v) is 17.0. The second-order valence-corrected chi connectivity index (χ2v) is 7.48. The van der Waals surface area contributed by atoms with Crippen LogP contribution in [0.1, 0.15) is 16.1 Å². The highest BCUT2D eigenvalue weighted by atomic mass is 35.5. The van der Waals surface area contributed by atoms with Gasteiger partial charge in [-0.3, -0.25) is 14.3 Å². The maximum atomic E-state index is 14.5. The molecular formula is C21H18ClFN4O3. The van der Waals surface area contributed by atoms with Crippen LogP contribution in [-0.2, 0) is 6.54 Å². The van der Waals surface area contributed by atoms with E-state index in [1.807, 2.05) is 11.9 Å². The molecule has 7 nitrogen and oxygen atoms in total. The first kappa shape index (κ1) is 19.9. The van der Waals surface area contributed by atoms with Gasteiger partial charge in [0.25, 0.3) is 5.56 Å². The van der Waals surface area contributed by atoms with Gasteiger partial charge in [-0.1, -0.05) is 11.6 Å². The second kappa shape index (κ2) is 7.46. The Hall–Kier alpha value is -3.39. The lowest BCUT2D eigenvalue weighted by Crippen LogP contribution is -2.22. The van der Waals surface area contributed by atoms with E-state index in [0.29, 0.717) is 41.0 Å². The quantitative estimate of drug-likeness (QED) is 0.655. The summed E-state index contributed by atoms with van der Waals surface area (Å²) in [6, 6.07) is 7.11. The van der Waals surface area contributed by atoms with E-state index in [1.165, 1.54) is 30.5 Å². The summed E-state index contributed by atoms with van der Waals surface area (Å²) in [7, 11) is 1.83. The van der Waals surface area contributed by atoms with Crippen LogP contribution in [0, 0.1) is 12.7 Å². The van der Waals surface area contributed by atoms with Gasteiger partial charge in [-0.05, 0) is 37.3 Å². The number of hydrogen-bond acceptors (Lipinski definition) is 5. The highest BCUT2D eigenvalue weighted by Crippen LogP contribution is 2.35. The number of anilines is 3. The number of hydrogen-bond donors (Lipinski definition) is 2. The summed E-state index contributed by atoms with van der Waals surface area (Å²) in [5, 5.41) is 13.0. The van der Waals surface area contributed by atoms with Gasteiger partial charge in [0.2, 0.25) is 0 Å². The molecule has 4 rings (SSSR count). The third-order valence-corrected chi connectivity index (χ3v) is 5.36. The Morgan fingerprint density at radius 2 is 1.97 bits per heavy atom. The fraction of sp³-hybridized carbons (Fsp3) is 0.190. The number of fused-ring (bicyclic) bond motifs is 1. The number of likely N-dealkylation sites (N-methyl/N-ethyl adjacent to an activating group) is 1. The molecule has 0 saturated heterocycles. The number of nitrogens with zero attached hydrogens (tertiary/aromatic N) is 3. The van der Waals surface area contributed by atoms with Crippen LogP contribution >= 0.6 is 11.6 Å². The number of halogens is 2. The standard InChI is InChI=1S/C21H18ClFN4O3/c1-11-18(21(29)30)16(5-6-24-11)25-17-10-14(13-9-12(22)3-4-15(13)23)20(28)27-8-7-26(2)19(17)27/h3-6,9-10H,7-8H2,1-2H3,(H,24,25)(H,29,30). The Morgan fingerprint density at radius 3 is 2.70 bits per heavy atom. The lowest BCUT2D eigenvalue weighted by atomic mass is 10.1. The van der Waals surface area contributed by atoms with Crippen molar-refractivity contribution >= 4 is 34.8 Å². The summed E-state index contributed by atoms with van der Waals surface area (Å²) in [6.07, 6.45) is 1.50. The van der Waals surface area contributed by atoms with E-state index in [0.717, 1.165) is 0 Å². The molecule has 1 aliphatic heterocycles. The van der Waals surface area contributed by atoms with Crippen molar-refractivity contribution in [2.75, 3.05) is 23.8 Å². The minimum Gasteiger partial charge on any atom is -0.478 e. The third kappa shape index (κ3) is 3.29. The molecule has 0 atom stereocenters. The van der Waals surface area contributed by atoms with Crippen molar-refractivity contribution in [2.24, 2.45) is 0 Å². The zero-order chi connectivity index (χ0) is 21.6. The van der Waals surface area contributed by atoms with Crippen LogP contribution in [0.4, 0.5) is 21.6 Å². The van der Waals surface area contributed by atoms with E-state index in [9.17, 15) is 19.1 Å². The molecule has 0 fully saturated rings. The van der Waals surface area contributed by atoms with Gasteiger partial charge in [-0.25, -0.2) is 9.18 Å². The number of carboxylic acids is 1. The Kier molecular flexibility index (Phi) is 4.95. The zero-order valence-electron chi connectivity index (χ0n) is 16.2. The highest BCUT2D eigenvalue weighted by Gasteiger charge is 2.26. The molecule has 0 radical (unpaired) electrons. The molecule has 154 valence electrons. The van der Waals surface area contributed by atoms with Gasteiger partial charge in [-0.15, -0.1) is 0 Å². The van der Waals surface area contributed by atoms with Crippen LogP contribution in [-0.4, -0.2) is 34.2 Å². The predicted molar refractivity (Wildman–Crippen MR) is 114 cm³/mol. The summed E-state index contributed by atoms with van der Waals surface area (Å²) in [5.74, 6) is -1.10. The highest BCUT2D eigenvalue weighted by molar-refractivity contribution is 6.30. The van der Waals surface area contributed by atoms with E-state index in [2.05, 4.69) is 10.3 Å². The van der Waals surface area contributed by atoms with Crippen molar-refractivity contribution in [1.82, 2.24) is 9.55 Å². The molecule has 0 amide bonds. The predicted octanol–water partition coefficient (Wildman–Crippen LogP) is 3.90. The number of rotatable bonds is 4. The molecule has 2 N–H and O–H groups in total. The number of aromatic carboxylic acids is 1. The first-order valence-electron chi connectivity index (χ1n) is 9.18. The third-order valence-electron chi connectivity index (χ3n) is 5.12. The maximum absolute atomic E-state index is 14.5. The van der Waals surface area contributed by atoms with Crippen molar-refractivity contribution in [3.8, 4) is 11.1 Å². The lowest BCUT2D eigenvalue weighted by molar-refractivity contribution is 0.0696. The minimum absolute atomic E-state index is 0.0265. The van der Waals surface area contributed by atoms with E-state index < -0.39 is 11.8 Å². The largest absolute Gasteiger partial charge is 0.478 e. The number of benzene rings is 1. The first-order valence-corrected chi connectivity index (χ1v) is 9.56. The van der Waals surface area contributed by atoms with Gasteiger partial charge in [-0.2, -0.15) is 0 Å². The smallest absolute Gasteiger partial charge is 0.339 e. The Balaban J connectivity index is 1.95. The number of nitrogens with one attached hydrogen (secondary N) is 1. The van der Waals surface area contributed by atoms with Crippen molar-refractivity contribution in [3.05, 3.63) is 69.0 Å². The average molecular weight is 429 g/mol. The van der Waals surface area contributed by atoms with E-state index in [4.69, 9.17) is 11.6 Å². The van der Waals surface area contributed by atoms with E-state index >= 15 is 0 Å². The molecule has 3 heterocycles. The summed E-state index contributed by atoms with van der Waals surface area (Å²) >= 11 is 6.03. The van der Waals surface area contributed by atoms with Crippen LogP contribution in [0.5, 0.6) is 0 Å².